The Hall–Kier alpha value is -3.58. The first-order valence-corrected chi connectivity index (χ1v) is 10.6. The molecular formula is C25H20BrNO5. The van der Waals surface area contributed by atoms with Crippen molar-refractivity contribution in [3.05, 3.63) is 93.5 Å². The van der Waals surface area contributed by atoms with Gasteiger partial charge in [-0.1, -0.05) is 36.4 Å². The number of carbonyl (C=O) groups is 2. The molecule has 4 rings (SSSR count). The Morgan fingerprint density at radius 1 is 1.03 bits per heavy atom. The highest BCUT2D eigenvalue weighted by Crippen LogP contribution is 2.45. The predicted octanol–water partition coefficient (Wildman–Crippen LogP) is 5.10. The molecule has 1 aliphatic rings. The van der Waals surface area contributed by atoms with Crippen LogP contribution >= 0.6 is 15.9 Å². The molecule has 0 radical (unpaired) electrons. The van der Waals surface area contributed by atoms with Crippen molar-refractivity contribution in [2.24, 2.45) is 0 Å². The summed E-state index contributed by atoms with van der Waals surface area (Å²) in [6.45, 7) is 1.87. The first-order valence-electron chi connectivity index (χ1n) is 9.83. The van der Waals surface area contributed by atoms with Crippen molar-refractivity contribution < 1.29 is 24.5 Å². The Balaban J connectivity index is 1.98. The molecule has 1 heterocycles. The lowest BCUT2D eigenvalue weighted by molar-refractivity contribution is -0.132. The number of rotatable bonds is 4. The minimum absolute atomic E-state index is 0.0513. The van der Waals surface area contributed by atoms with Gasteiger partial charge in [-0.3, -0.25) is 14.5 Å². The quantitative estimate of drug-likeness (QED) is 0.300. The molecule has 1 atom stereocenters. The molecule has 1 fully saturated rings. The fourth-order valence-corrected chi connectivity index (χ4v) is 4.45. The highest BCUT2D eigenvalue weighted by Gasteiger charge is 2.48. The topological polar surface area (TPSA) is 87.1 Å². The number of halogens is 1. The standard InChI is InChI=1S/C25H20BrNO5/c1-14-7-3-4-8-16(14)22-21(23(29)15-11-12-20(32-2)17(26)13-15)24(30)25(31)27(22)18-9-5-6-10-19(18)28/h3-13,22,28-29H,1-2H3/b23-21+. The van der Waals surface area contributed by atoms with Gasteiger partial charge in [0.2, 0.25) is 0 Å². The number of methoxy groups -OCH3 is 1. The van der Waals surface area contributed by atoms with E-state index in [1.165, 1.54) is 18.1 Å². The number of phenols is 1. The summed E-state index contributed by atoms with van der Waals surface area (Å²) in [6, 6.07) is 17.6. The van der Waals surface area contributed by atoms with Crippen LogP contribution in [0, 0.1) is 6.92 Å². The van der Waals surface area contributed by atoms with Gasteiger partial charge in [0, 0.05) is 5.56 Å². The highest BCUT2D eigenvalue weighted by atomic mass is 79.9. The molecule has 32 heavy (non-hydrogen) atoms. The number of para-hydroxylation sites is 2. The summed E-state index contributed by atoms with van der Waals surface area (Å²) in [5.41, 5.74) is 2.00. The van der Waals surface area contributed by atoms with Gasteiger partial charge in [0.25, 0.3) is 11.7 Å². The first kappa shape index (κ1) is 21.6. The number of aromatic hydroxyl groups is 1. The molecular weight excluding hydrogens is 474 g/mol. The third kappa shape index (κ3) is 3.54. The Bertz CT molecular complexity index is 1270. The summed E-state index contributed by atoms with van der Waals surface area (Å²) < 4.78 is 5.83. The van der Waals surface area contributed by atoms with Gasteiger partial charge in [0.1, 0.15) is 17.3 Å². The van der Waals surface area contributed by atoms with Gasteiger partial charge in [0.05, 0.1) is 28.9 Å². The van der Waals surface area contributed by atoms with E-state index in [9.17, 15) is 19.8 Å². The van der Waals surface area contributed by atoms with Crippen molar-refractivity contribution in [3.8, 4) is 11.5 Å². The molecule has 3 aromatic carbocycles. The van der Waals surface area contributed by atoms with Gasteiger partial charge >= 0.3 is 0 Å². The molecule has 0 saturated carbocycles. The van der Waals surface area contributed by atoms with Crippen LogP contribution in [0.3, 0.4) is 0 Å². The van der Waals surface area contributed by atoms with Crippen LogP contribution in [-0.4, -0.2) is 29.0 Å². The van der Waals surface area contributed by atoms with Crippen LogP contribution in [-0.2, 0) is 9.59 Å². The lowest BCUT2D eigenvalue weighted by atomic mass is 9.92. The number of benzene rings is 3. The van der Waals surface area contributed by atoms with E-state index in [-0.39, 0.29) is 22.8 Å². The molecule has 1 aliphatic heterocycles. The van der Waals surface area contributed by atoms with Gasteiger partial charge in [-0.05, 0) is 64.3 Å². The van der Waals surface area contributed by atoms with E-state index in [0.29, 0.717) is 21.3 Å². The maximum Gasteiger partial charge on any atom is 0.300 e. The molecule has 162 valence electrons. The summed E-state index contributed by atoms with van der Waals surface area (Å²) in [4.78, 5) is 27.6. The normalized spacial score (nSPS) is 17.6. The van der Waals surface area contributed by atoms with Crippen LogP contribution < -0.4 is 9.64 Å². The van der Waals surface area contributed by atoms with Crippen LogP contribution in [0.15, 0.2) is 76.8 Å². The largest absolute Gasteiger partial charge is 0.507 e. The monoisotopic (exact) mass is 493 g/mol. The Morgan fingerprint density at radius 3 is 2.38 bits per heavy atom. The molecule has 3 aromatic rings. The van der Waals surface area contributed by atoms with Crippen LogP contribution in [0.25, 0.3) is 5.76 Å². The average Bonchev–Trinajstić information content (AvgIpc) is 3.04. The van der Waals surface area contributed by atoms with Crippen LogP contribution in [0.2, 0.25) is 0 Å². The molecule has 2 N–H and O–H groups in total. The Kier molecular flexibility index (Phi) is 5.76. The maximum atomic E-state index is 13.2. The van der Waals surface area contributed by atoms with Crippen molar-refractivity contribution in [3.63, 3.8) is 0 Å². The zero-order valence-electron chi connectivity index (χ0n) is 17.4. The number of hydrogen-bond donors (Lipinski definition) is 2. The highest BCUT2D eigenvalue weighted by molar-refractivity contribution is 9.10. The number of Topliss-reactive ketones (excluding diaryl/α,β-unsaturated/α-hetero) is 1. The van der Waals surface area contributed by atoms with Gasteiger partial charge < -0.3 is 14.9 Å². The molecule has 1 amide bonds. The SMILES string of the molecule is COc1ccc(/C(O)=C2\C(=O)C(=O)N(c3ccccc3O)C2c2ccccc2C)cc1Br. The average molecular weight is 494 g/mol. The number of nitrogens with zero attached hydrogens (tertiary/aromatic N) is 1. The smallest absolute Gasteiger partial charge is 0.300 e. The third-order valence-electron chi connectivity index (χ3n) is 5.49. The fourth-order valence-electron chi connectivity index (χ4n) is 3.91. The van der Waals surface area contributed by atoms with E-state index < -0.39 is 17.7 Å². The molecule has 0 aromatic heterocycles. The minimum atomic E-state index is -0.912. The van der Waals surface area contributed by atoms with Gasteiger partial charge in [-0.25, -0.2) is 0 Å². The van der Waals surface area contributed by atoms with Crippen molar-refractivity contribution in [1.82, 2.24) is 0 Å². The number of carbonyl (C=O) groups excluding carboxylic acids is 2. The van der Waals surface area contributed by atoms with Gasteiger partial charge in [-0.2, -0.15) is 0 Å². The summed E-state index contributed by atoms with van der Waals surface area (Å²) in [7, 11) is 1.52. The molecule has 7 heteroatoms. The predicted molar refractivity (Wildman–Crippen MR) is 125 cm³/mol. The Morgan fingerprint density at radius 2 is 1.72 bits per heavy atom. The summed E-state index contributed by atoms with van der Waals surface area (Å²) >= 11 is 3.39. The lowest BCUT2D eigenvalue weighted by Crippen LogP contribution is -2.29. The van der Waals surface area contributed by atoms with E-state index in [1.807, 2.05) is 19.1 Å². The number of ether oxygens (including phenoxy) is 1. The van der Waals surface area contributed by atoms with E-state index in [1.54, 1.807) is 48.5 Å². The van der Waals surface area contributed by atoms with Crippen molar-refractivity contribution in [1.29, 1.82) is 0 Å². The zero-order chi connectivity index (χ0) is 23.0. The second kappa shape index (κ2) is 8.51. The first-order chi connectivity index (χ1) is 15.3. The summed E-state index contributed by atoms with van der Waals surface area (Å²) in [6.07, 6.45) is 0. The summed E-state index contributed by atoms with van der Waals surface area (Å²) in [5, 5.41) is 21.6. The Labute approximate surface area is 193 Å². The molecule has 0 bridgehead atoms. The van der Waals surface area contributed by atoms with E-state index in [0.717, 1.165) is 5.56 Å². The molecule has 0 aliphatic carbocycles. The second-order valence-corrected chi connectivity index (χ2v) is 8.22. The van der Waals surface area contributed by atoms with E-state index in [4.69, 9.17) is 4.74 Å². The van der Waals surface area contributed by atoms with Crippen molar-refractivity contribution >= 4 is 39.1 Å². The van der Waals surface area contributed by atoms with Crippen molar-refractivity contribution in [2.45, 2.75) is 13.0 Å². The molecule has 1 saturated heterocycles. The number of hydrogen-bond acceptors (Lipinski definition) is 5. The van der Waals surface area contributed by atoms with Crippen molar-refractivity contribution in [2.75, 3.05) is 12.0 Å². The lowest BCUT2D eigenvalue weighted by Gasteiger charge is -2.27. The molecule has 1 unspecified atom stereocenters. The van der Waals surface area contributed by atoms with Crippen LogP contribution in [0.1, 0.15) is 22.7 Å². The van der Waals surface area contributed by atoms with Gasteiger partial charge in [-0.15, -0.1) is 0 Å². The summed E-state index contributed by atoms with van der Waals surface area (Å²) in [5.74, 6) is -1.54. The second-order valence-electron chi connectivity index (χ2n) is 7.36. The third-order valence-corrected chi connectivity index (χ3v) is 6.11. The number of phenolic OH excluding ortho intramolecular Hbond substituents is 1. The minimum Gasteiger partial charge on any atom is -0.507 e. The van der Waals surface area contributed by atoms with E-state index in [2.05, 4.69) is 15.9 Å². The van der Waals surface area contributed by atoms with Crippen LogP contribution in [0.5, 0.6) is 11.5 Å². The maximum absolute atomic E-state index is 13.2. The number of aliphatic hydroxyl groups is 1. The van der Waals surface area contributed by atoms with Crippen LogP contribution in [0.4, 0.5) is 5.69 Å². The number of amides is 1. The molecule has 6 nitrogen and oxygen atoms in total. The molecule has 0 spiro atoms. The number of ketones is 1. The van der Waals surface area contributed by atoms with E-state index >= 15 is 0 Å². The number of anilines is 1. The zero-order valence-corrected chi connectivity index (χ0v) is 19.0. The number of aryl methyl sites for hydroxylation is 1. The fraction of sp³-hybridized carbons (Fsp3) is 0.120. The van der Waals surface area contributed by atoms with Gasteiger partial charge in [0.15, 0.2) is 0 Å². The number of aliphatic hydroxyl groups excluding tert-OH is 1.